The molecule has 0 heterocycles. The first-order chi connectivity index (χ1) is 5.83. The first kappa shape index (κ1) is 8.78. The molecule has 2 nitrogen and oxygen atoms in total. The SMILES string of the molecule is CC[C]C(=O)Oc1ccccc1. The number of ether oxygens (including phenoxy) is 1. The summed E-state index contributed by atoms with van der Waals surface area (Å²) in [6.45, 7) is 1.84. The van der Waals surface area contributed by atoms with Gasteiger partial charge in [0.1, 0.15) is 12.2 Å². The van der Waals surface area contributed by atoms with Gasteiger partial charge in [-0.05, 0) is 18.6 Å². The molecular weight excluding hydrogens is 152 g/mol. The lowest BCUT2D eigenvalue weighted by Gasteiger charge is -2.00. The van der Waals surface area contributed by atoms with Crippen LogP contribution < -0.4 is 4.74 Å². The highest BCUT2D eigenvalue weighted by molar-refractivity contribution is 5.80. The van der Waals surface area contributed by atoms with Crippen molar-refractivity contribution in [2.45, 2.75) is 13.3 Å². The Labute approximate surface area is 72.2 Å². The van der Waals surface area contributed by atoms with Crippen LogP contribution in [-0.4, -0.2) is 5.97 Å². The second-order valence-corrected chi connectivity index (χ2v) is 2.23. The molecule has 1 aromatic carbocycles. The van der Waals surface area contributed by atoms with Crippen molar-refractivity contribution in [1.29, 1.82) is 0 Å². The summed E-state index contributed by atoms with van der Waals surface area (Å²) in [5.41, 5.74) is 0. The number of hydrogen-bond donors (Lipinski definition) is 0. The number of benzene rings is 1. The summed E-state index contributed by atoms with van der Waals surface area (Å²) in [7, 11) is 0. The third-order valence-electron chi connectivity index (χ3n) is 1.27. The van der Waals surface area contributed by atoms with E-state index in [2.05, 4.69) is 6.42 Å². The van der Waals surface area contributed by atoms with Crippen LogP contribution >= 0.6 is 0 Å². The van der Waals surface area contributed by atoms with Gasteiger partial charge in [0.2, 0.25) is 0 Å². The largest absolute Gasteiger partial charge is 0.426 e. The molecule has 0 aliphatic carbocycles. The van der Waals surface area contributed by atoms with E-state index in [1.54, 1.807) is 12.1 Å². The van der Waals surface area contributed by atoms with Crippen LogP contribution in [0.2, 0.25) is 0 Å². The Hall–Kier alpha value is -1.31. The molecule has 62 valence electrons. The molecule has 12 heavy (non-hydrogen) atoms. The molecule has 0 saturated carbocycles. The van der Waals surface area contributed by atoms with E-state index in [1.807, 2.05) is 25.1 Å². The third-order valence-corrected chi connectivity index (χ3v) is 1.27. The van der Waals surface area contributed by atoms with Gasteiger partial charge in [0.05, 0.1) is 0 Å². The monoisotopic (exact) mass is 162 g/mol. The maximum absolute atomic E-state index is 10.9. The first-order valence-corrected chi connectivity index (χ1v) is 3.83. The molecule has 0 bridgehead atoms. The Morgan fingerprint density at radius 1 is 1.42 bits per heavy atom. The van der Waals surface area contributed by atoms with Crippen LogP contribution in [0.25, 0.3) is 0 Å². The zero-order chi connectivity index (χ0) is 8.81. The second-order valence-electron chi connectivity index (χ2n) is 2.23. The highest BCUT2D eigenvalue weighted by atomic mass is 16.5. The van der Waals surface area contributed by atoms with E-state index >= 15 is 0 Å². The lowest BCUT2D eigenvalue weighted by molar-refractivity contribution is -0.130. The van der Waals surface area contributed by atoms with Gasteiger partial charge < -0.3 is 4.74 Å². The van der Waals surface area contributed by atoms with Crippen LogP contribution in [0.15, 0.2) is 30.3 Å². The molecule has 1 aromatic rings. The van der Waals surface area contributed by atoms with Crippen molar-refractivity contribution in [2.75, 3.05) is 0 Å². The fourth-order valence-corrected chi connectivity index (χ4v) is 0.776. The minimum absolute atomic E-state index is 0.413. The number of hydrogen-bond acceptors (Lipinski definition) is 2. The topological polar surface area (TPSA) is 26.3 Å². The molecule has 0 amide bonds. The maximum Gasteiger partial charge on any atom is 0.319 e. The van der Waals surface area contributed by atoms with E-state index in [0.29, 0.717) is 12.2 Å². The number of carbonyl (C=O) groups excluding carboxylic acids is 1. The summed E-state index contributed by atoms with van der Waals surface area (Å²) in [5.74, 6) is 0.146. The van der Waals surface area contributed by atoms with Crippen LogP contribution in [0.4, 0.5) is 0 Å². The van der Waals surface area contributed by atoms with Crippen molar-refractivity contribution in [3.05, 3.63) is 36.8 Å². The highest BCUT2D eigenvalue weighted by Gasteiger charge is 2.02. The molecule has 0 atom stereocenters. The molecule has 0 fully saturated rings. The maximum atomic E-state index is 10.9. The van der Waals surface area contributed by atoms with Crippen LogP contribution in [-0.2, 0) is 4.79 Å². The molecule has 0 aliphatic rings. The van der Waals surface area contributed by atoms with Crippen molar-refractivity contribution in [3.8, 4) is 5.75 Å². The molecule has 2 radical (unpaired) electrons. The van der Waals surface area contributed by atoms with E-state index < -0.39 is 5.97 Å². The quantitative estimate of drug-likeness (QED) is 0.502. The summed E-state index contributed by atoms with van der Waals surface area (Å²) in [6.07, 6.45) is 3.11. The predicted molar refractivity (Wildman–Crippen MR) is 45.6 cm³/mol. The van der Waals surface area contributed by atoms with Gasteiger partial charge in [-0.2, -0.15) is 0 Å². The van der Waals surface area contributed by atoms with Crippen molar-refractivity contribution in [1.82, 2.24) is 0 Å². The Bertz CT molecular complexity index is 241. The zero-order valence-corrected chi connectivity index (χ0v) is 6.91. The van der Waals surface area contributed by atoms with Gasteiger partial charge in [0, 0.05) is 0 Å². The van der Waals surface area contributed by atoms with E-state index in [9.17, 15) is 4.79 Å². The minimum atomic E-state index is -0.413. The summed E-state index contributed by atoms with van der Waals surface area (Å²) < 4.78 is 4.90. The second kappa shape index (κ2) is 4.54. The van der Waals surface area contributed by atoms with Crippen molar-refractivity contribution >= 4 is 5.97 Å². The van der Waals surface area contributed by atoms with Gasteiger partial charge in [0.25, 0.3) is 0 Å². The number of para-hydroxylation sites is 1. The molecule has 0 aromatic heterocycles. The normalized spacial score (nSPS) is 9.42. The average Bonchev–Trinajstić information content (AvgIpc) is 2.06. The Balaban J connectivity index is 2.47. The molecule has 0 N–H and O–H groups in total. The number of carbonyl (C=O) groups is 1. The van der Waals surface area contributed by atoms with E-state index in [0.717, 1.165) is 0 Å². The van der Waals surface area contributed by atoms with Crippen molar-refractivity contribution in [3.63, 3.8) is 0 Å². The Morgan fingerprint density at radius 2 is 2.08 bits per heavy atom. The van der Waals surface area contributed by atoms with Crippen molar-refractivity contribution in [2.24, 2.45) is 0 Å². The van der Waals surface area contributed by atoms with Crippen molar-refractivity contribution < 1.29 is 9.53 Å². The standard InChI is InChI=1S/C10H10O2/c1-2-6-10(11)12-9-7-4-3-5-8-9/h3-5,7-8H,2H2,1H3. The lowest BCUT2D eigenvalue weighted by atomic mass is 10.3. The van der Waals surface area contributed by atoms with Gasteiger partial charge >= 0.3 is 5.97 Å². The van der Waals surface area contributed by atoms with Gasteiger partial charge in [-0.25, -0.2) is 0 Å². The number of rotatable bonds is 3. The molecule has 0 aliphatic heterocycles. The first-order valence-electron chi connectivity index (χ1n) is 3.83. The Kier molecular flexibility index (Phi) is 3.33. The van der Waals surface area contributed by atoms with Gasteiger partial charge in [-0.3, -0.25) is 4.79 Å². The van der Waals surface area contributed by atoms with Gasteiger partial charge in [-0.15, -0.1) is 0 Å². The van der Waals surface area contributed by atoms with E-state index in [4.69, 9.17) is 4.74 Å². The van der Waals surface area contributed by atoms with E-state index in [-0.39, 0.29) is 0 Å². The summed E-state index contributed by atoms with van der Waals surface area (Å²) in [5, 5.41) is 0. The molecular formula is C10H10O2. The summed E-state index contributed by atoms with van der Waals surface area (Å²) in [4.78, 5) is 10.9. The van der Waals surface area contributed by atoms with Crippen LogP contribution in [0, 0.1) is 6.42 Å². The molecule has 0 spiro atoms. The van der Waals surface area contributed by atoms with Crippen LogP contribution in [0.1, 0.15) is 13.3 Å². The zero-order valence-electron chi connectivity index (χ0n) is 6.91. The fraction of sp³-hybridized carbons (Fsp3) is 0.200. The van der Waals surface area contributed by atoms with Gasteiger partial charge in [0.15, 0.2) is 0 Å². The third kappa shape index (κ3) is 2.74. The molecule has 0 unspecified atom stereocenters. The predicted octanol–water partition coefficient (Wildman–Crippen LogP) is 2.08. The smallest absolute Gasteiger partial charge is 0.319 e. The molecule has 0 saturated heterocycles. The van der Waals surface area contributed by atoms with Gasteiger partial charge in [-0.1, -0.05) is 25.1 Å². The van der Waals surface area contributed by atoms with E-state index in [1.165, 1.54) is 0 Å². The number of esters is 1. The van der Waals surface area contributed by atoms with Crippen LogP contribution in [0.5, 0.6) is 5.75 Å². The van der Waals surface area contributed by atoms with Crippen LogP contribution in [0.3, 0.4) is 0 Å². The molecule has 2 heteroatoms. The summed E-state index contributed by atoms with van der Waals surface area (Å²) >= 11 is 0. The molecule has 1 rings (SSSR count). The minimum Gasteiger partial charge on any atom is -0.426 e. The summed E-state index contributed by atoms with van der Waals surface area (Å²) in [6, 6.07) is 8.96. The average molecular weight is 162 g/mol. The fourth-order valence-electron chi connectivity index (χ4n) is 0.776. The highest BCUT2D eigenvalue weighted by Crippen LogP contribution is 2.09. The Morgan fingerprint density at radius 3 is 2.67 bits per heavy atom. The lowest BCUT2D eigenvalue weighted by Crippen LogP contribution is -2.07.